The van der Waals surface area contributed by atoms with E-state index in [0.29, 0.717) is 17.6 Å². The van der Waals surface area contributed by atoms with Gasteiger partial charge in [-0.3, -0.25) is 0 Å². The van der Waals surface area contributed by atoms with E-state index < -0.39 is 17.6 Å². The van der Waals surface area contributed by atoms with E-state index >= 15 is 0 Å². The summed E-state index contributed by atoms with van der Waals surface area (Å²) in [6, 6.07) is 10.8. The molecule has 0 spiro atoms. The molecule has 0 fully saturated rings. The Kier molecular flexibility index (Phi) is 5.79. The first-order valence-corrected chi connectivity index (χ1v) is 9.75. The molecule has 0 saturated heterocycles. The van der Waals surface area contributed by atoms with Crippen LogP contribution in [0.4, 0.5) is 17.6 Å². The minimum absolute atomic E-state index is 0.0306. The van der Waals surface area contributed by atoms with Crippen molar-refractivity contribution in [2.45, 2.75) is 6.18 Å². The first-order chi connectivity index (χ1) is 15.1. The van der Waals surface area contributed by atoms with Gasteiger partial charge < -0.3 is 4.74 Å². The summed E-state index contributed by atoms with van der Waals surface area (Å²) < 4.78 is 59.1. The maximum Gasteiger partial charge on any atom is 0.417 e. The Morgan fingerprint density at radius 2 is 1.78 bits per heavy atom. The van der Waals surface area contributed by atoms with Gasteiger partial charge in [-0.05, 0) is 30.3 Å². The van der Waals surface area contributed by atoms with Crippen molar-refractivity contribution < 1.29 is 22.3 Å². The molecule has 0 atom stereocenters. The fourth-order valence-corrected chi connectivity index (χ4v) is 3.41. The van der Waals surface area contributed by atoms with E-state index in [1.165, 1.54) is 28.9 Å². The highest BCUT2D eigenvalue weighted by atomic mass is 35.5. The molecular formula is C21H12Cl2F4N4O. The van der Waals surface area contributed by atoms with Gasteiger partial charge in [0, 0.05) is 30.9 Å². The maximum absolute atomic E-state index is 14.2. The second-order valence-corrected chi connectivity index (χ2v) is 7.42. The molecule has 0 aliphatic rings. The van der Waals surface area contributed by atoms with Crippen molar-refractivity contribution in [2.24, 2.45) is 7.05 Å². The number of aryl methyl sites for hydroxylation is 1. The summed E-state index contributed by atoms with van der Waals surface area (Å²) in [7, 11) is 1.62. The lowest BCUT2D eigenvalue weighted by Gasteiger charge is -2.09. The highest BCUT2D eigenvalue weighted by Crippen LogP contribution is 2.35. The molecule has 4 aromatic rings. The van der Waals surface area contributed by atoms with E-state index in [4.69, 9.17) is 27.9 Å². The van der Waals surface area contributed by atoms with Crippen LogP contribution in [0.15, 0.2) is 54.7 Å². The third-order valence-electron chi connectivity index (χ3n) is 4.42. The van der Waals surface area contributed by atoms with Gasteiger partial charge in [-0.25, -0.2) is 19.0 Å². The normalized spacial score (nSPS) is 11.6. The molecule has 0 aliphatic heterocycles. The van der Waals surface area contributed by atoms with E-state index in [1.807, 2.05) is 0 Å². The number of rotatable bonds is 4. The van der Waals surface area contributed by atoms with Gasteiger partial charge in [-0.2, -0.15) is 18.3 Å². The van der Waals surface area contributed by atoms with Crippen LogP contribution in [0.3, 0.4) is 0 Å². The van der Waals surface area contributed by atoms with E-state index in [2.05, 4.69) is 15.1 Å². The predicted octanol–water partition coefficient (Wildman–Crippen LogP) is 6.80. The molecular weight excluding hydrogens is 471 g/mol. The number of aromatic nitrogens is 4. The molecule has 0 N–H and O–H groups in total. The molecule has 0 saturated carbocycles. The maximum atomic E-state index is 14.2. The van der Waals surface area contributed by atoms with Crippen LogP contribution in [-0.2, 0) is 13.2 Å². The molecule has 11 heteroatoms. The standard InChI is InChI=1S/C21H12Cl2F4N4O/c1-31-20(29-19(30-31)18-14(22)3-2-4-16(18)24)13-7-6-12(9-15(13)23)32-17-8-5-11(10-28-17)21(25,26)27/h2-10H,1H3. The summed E-state index contributed by atoms with van der Waals surface area (Å²) in [5.41, 5.74) is -0.333. The minimum Gasteiger partial charge on any atom is -0.439 e. The largest absolute Gasteiger partial charge is 0.439 e. The SMILES string of the molecule is Cn1nc(-c2c(F)cccc2Cl)nc1-c1ccc(Oc2ccc(C(F)(F)F)cn2)cc1Cl. The van der Waals surface area contributed by atoms with Gasteiger partial charge in [0.25, 0.3) is 0 Å². The van der Waals surface area contributed by atoms with Crippen LogP contribution in [0.5, 0.6) is 11.6 Å². The summed E-state index contributed by atoms with van der Waals surface area (Å²) in [5, 5.41) is 4.63. The van der Waals surface area contributed by atoms with Crippen LogP contribution in [0, 0.1) is 5.82 Å². The van der Waals surface area contributed by atoms with Crippen LogP contribution >= 0.6 is 23.2 Å². The quantitative estimate of drug-likeness (QED) is 0.300. The van der Waals surface area contributed by atoms with Gasteiger partial charge in [0.2, 0.25) is 5.88 Å². The number of hydrogen-bond donors (Lipinski definition) is 0. The van der Waals surface area contributed by atoms with Crippen molar-refractivity contribution in [1.82, 2.24) is 19.7 Å². The van der Waals surface area contributed by atoms with E-state index in [0.717, 1.165) is 12.1 Å². The number of nitrogens with zero attached hydrogens (tertiary/aromatic N) is 4. The Morgan fingerprint density at radius 1 is 1.00 bits per heavy atom. The Labute approximate surface area is 189 Å². The van der Waals surface area contributed by atoms with Crippen molar-refractivity contribution in [3.63, 3.8) is 0 Å². The van der Waals surface area contributed by atoms with Crippen molar-refractivity contribution in [2.75, 3.05) is 0 Å². The lowest BCUT2D eigenvalue weighted by atomic mass is 10.2. The van der Waals surface area contributed by atoms with Gasteiger partial charge in [0.1, 0.15) is 11.6 Å². The Hall–Kier alpha value is -3.17. The Balaban J connectivity index is 1.61. The van der Waals surface area contributed by atoms with E-state index in [-0.39, 0.29) is 33.1 Å². The van der Waals surface area contributed by atoms with Crippen LogP contribution in [0.25, 0.3) is 22.8 Å². The van der Waals surface area contributed by atoms with Crippen molar-refractivity contribution in [3.05, 3.63) is 76.2 Å². The second-order valence-electron chi connectivity index (χ2n) is 6.61. The fraction of sp³-hybridized carbons (Fsp3) is 0.0952. The minimum atomic E-state index is -4.49. The summed E-state index contributed by atoms with van der Waals surface area (Å²) >= 11 is 12.5. The monoisotopic (exact) mass is 482 g/mol. The lowest BCUT2D eigenvalue weighted by molar-refractivity contribution is -0.137. The predicted molar refractivity (Wildman–Crippen MR) is 111 cm³/mol. The average Bonchev–Trinajstić information content (AvgIpc) is 3.08. The molecule has 32 heavy (non-hydrogen) atoms. The number of alkyl halides is 3. The number of benzene rings is 2. The first kappa shape index (κ1) is 22.0. The summed E-state index contributed by atoms with van der Waals surface area (Å²) in [6.45, 7) is 0. The van der Waals surface area contributed by atoms with Crippen LogP contribution in [0.1, 0.15) is 5.56 Å². The van der Waals surface area contributed by atoms with Crippen LogP contribution in [0.2, 0.25) is 10.0 Å². The molecule has 0 amide bonds. The third-order valence-corrected chi connectivity index (χ3v) is 5.04. The zero-order chi connectivity index (χ0) is 23.0. The zero-order valence-electron chi connectivity index (χ0n) is 16.2. The number of ether oxygens (including phenoxy) is 1. The number of hydrogen-bond acceptors (Lipinski definition) is 4. The highest BCUT2D eigenvalue weighted by molar-refractivity contribution is 6.33. The molecule has 4 rings (SSSR count). The number of pyridine rings is 1. The summed E-state index contributed by atoms with van der Waals surface area (Å²) in [4.78, 5) is 8.02. The summed E-state index contributed by atoms with van der Waals surface area (Å²) in [5.74, 6) is 0.107. The van der Waals surface area contributed by atoms with Crippen molar-refractivity contribution in [3.8, 4) is 34.4 Å². The van der Waals surface area contributed by atoms with Gasteiger partial charge in [0.05, 0.1) is 21.2 Å². The Bertz CT molecular complexity index is 1270. The molecule has 164 valence electrons. The van der Waals surface area contributed by atoms with Gasteiger partial charge in [-0.1, -0.05) is 29.3 Å². The molecule has 0 aliphatic carbocycles. The smallest absolute Gasteiger partial charge is 0.417 e. The molecule has 0 bridgehead atoms. The third kappa shape index (κ3) is 4.39. The Morgan fingerprint density at radius 3 is 2.41 bits per heavy atom. The van der Waals surface area contributed by atoms with Crippen LogP contribution < -0.4 is 4.74 Å². The van der Waals surface area contributed by atoms with Gasteiger partial charge in [0.15, 0.2) is 11.6 Å². The highest BCUT2D eigenvalue weighted by Gasteiger charge is 2.30. The van der Waals surface area contributed by atoms with E-state index in [1.54, 1.807) is 19.2 Å². The zero-order valence-corrected chi connectivity index (χ0v) is 17.7. The second kappa shape index (κ2) is 8.40. The first-order valence-electron chi connectivity index (χ1n) is 9.00. The lowest BCUT2D eigenvalue weighted by Crippen LogP contribution is -2.05. The molecule has 2 aromatic carbocycles. The van der Waals surface area contributed by atoms with Crippen molar-refractivity contribution in [1.29, 1.82) is 0 Å². The number of halogens is 6. The topological polar surface area (TPSA) is 52.8 Å². The summed E-state index contributed by atoms with van der Waals surface area (Å²) in [6.07, 6.45) is -3.81. The van der Waals surface area contributed by atoms with Gasteiger partial charge in [-0.15, -0.1) is 0 Å². The van der Waals surface area contributed by atoms with Crippen LogP contribution in [-0.4, -0.2) is 19.7 Å². The fourth-order valence-electron chi connectivity index (χ4n) is 2.91. The molecule has 5 nitrogen and oxygen atoms in total. The molecule has 2 aromatic heterocycles. The molecule has 0 unspecified atom stereocenters. The molecule has 0 radical (unpaired) electrons. The molecule has 2 heterocycles. The van der Waals surface area contributed by atoms with E-state index in [9.17, 15) is 17.6 Å². The average molecular weight is 483 g/mol. The van der Waals surface area contributed by atoms with Crippen molar-refractivity contribution >= 4 is 23.2 Å². The van der Waals surface area contributed by atoms with Gasteiger partial charge >= 0.3 is 6.18 Å².